The maximum atomic E-state index is 11.7. The molecule has 19 heavy (non-hydrogen) atoms. The standard InChI is InChI=1S/C11H17N7O/c1-3-17-6-5-12-9(17)7-13-11(19)15-10-14-8-18(4-2)16-10/h5-6,8H,3-4,7H2,1-2H3,(H2,13,15,16,19). The van der Waals surface area contributed by atoms with Crippen LogP contribution in [0.25, 0.3) is 0 Å². The Balaban J connectivity index is 1.84. The molecule has 2 N–H and O–H groups in total. The lowest BCUT2D eigenvalue weighted by atomic mass is 10.5. The zero-order chi connectivity index (χ0) is 13.7. The second-order valence-electron chi connectivity index (χ2n) is 3.86. The Hall–Kier alpha value is -2.38. The zero-order valence-electron chi connectivity index (χ0n) is 11.0. The molecular formula is C11H17N7O. The molecular weight excluding hydrogens is 246 g/mol. The number of nitrogens with one attached hydrogen (secondary N) is 2. The van der Waals surface area contributed by atoms with Gasteiger partial charge in [0.2, 0.25) is 5.95 Å². The number of anilines is 1. The first-order valence-corrected chi connectivity index (χ1v) is 6.17. The monoisotopic (exact) mass is 263 g/mol. The number of rotatable bonds is 5. The molecule has 0 bridgehead atoms. The first kappa shape index (κ1) is 13.1. The Labute approximate surface area is 110 Å². The summed E-state index contributed by atoms with van der Waals surface area (Å²) in [5.41, 5.74) is 0. The van der Waals surface area contributed by atoms with Gasteiger partial charge >= 0.3 is 6.03 Å². The Bertz CT molecular complexity index is 545. The minimum atomic E-state index is -0.348. The average Bonchev–Trinajstić information content (AvgIpc) is 3.04. The van der Waals surface area contributed by atoms with Crippen LogP contribution >= 0.6 is 0 Å². The fourth-order valence-corrected chi connectivity index (χ4v) is 1.60. The lowest BCUT2D eigenvalue weighted by Crippen LogP contribution is -2.29. The van der Waals surface area contributed by atoms with Crippen molar-refractivity contribution in [2.75, 3.05) is 5.32 Å². The van der Waals surface area contributed by atoms with Crippen LogP contribution < -0.4 is 10.6 Å². The van der Waals surface area contributed by atoms with Crippen molar-refractivity contribution in [1.29, 1.82) is 0 Å². The van der Waals surface area contributed by atoms with Crippen molar-refractivity contribution in [3.05, 3.63) is 24.5 Å². The highest BCUT2D eigenvalue weighted by atomic mass is 16.2. The van der Waals surface area contributed by atoms with Gasteiger partial charge in [0.1, 0.15) is 12.2 Å². The lowest BCUT2D eigenvalue weighted by Gasteiger charge is -2.06. The predicted octanol–water partition coefficient (Wildman–Crippen LogP) is 0.836. The van der Waals surface area contributed by atoms with Crippen LogP contribution in [0.1, 0.15) is 19.7 Å². The Morgan fingerprint density at radius 1 is 1.32 bits per heavy atom. The van der Waals surface area contributed by atoms with Crippen LogP contribution in [0.3, 0.4) is 0 Å². The van der Waals surface area contributed by atoms with E-state index in [0.29, 0.717) is 13.1 Å². The molecule has 0 aliphatic rings. The summed E-state index contributed by atoms with van der Waals surface area (Å²) >= 11 is 0. The number of aromatic nitrogens is 5. The summed E-state index contributed by atoms with van der Waals surface area (Å²) < 4.78 is 3.60. The number of hydrogen-bond donors (Lipinski definition) is 2. The van der Waals surface area contributed by atoms with Crippen LogP contribution in [0.2, 0.25) is 0 Å². The van der Waals surface area contributed by atoms with Crippen molar-refractivity contribution < 1.29 is 4.79 Å². The molecule has 8 nitrogen and oxygen atoms in total. The number of amides is 2. The highest BCUT2D eigenvalue weighted by Gasteiger charge is 2.07. The summed E-state index contributed by atoms with van der Waals surface area (Å²) in [4.78, 5) is 19.8. The van der Waals surface area contributed by atoms with E-state index in [0.717, 1.165) is 12.4 Å². The van der Waals surface area contributed by atoms with Gasteiger partial charge in [0.25, 0.3) is 0 Å². The lowest BCUT2D eigenvalue weighted by molar-refractivity contribution is 0.251. The van der Waals surface area contributed by atoms with Crippen LogP contribution in [0, 0.1) is 0 Å². The highest BCUT2D eigenvalue weighted by Crippen LogP contribution is 1.98. The third-order valence-electron chi connectivity index (χ3n) is 2.64. The van der Waals surface area contributed by atoms with E-state index in [2.05, 4.69) is 25.7 Å². The second kappa shape index (κ2) is 5.98. The molecule has 2 aromatic heterocycles. The fraction of sp³-hybridized carbons (Fsp3) is 0.455. The van der Waals surface area contributed by atoms with Gasteiger partial charge in [-0.05, 0) is 13.8 Å². The van der Waals surface area contributed by atoms with Crippen LogP contribution in [-0.2, 0) is 19.6 Å². The van der Waals surface area contributed by atoms with E-state index < -0.39 is 0 Å². The van der Waals surface area contributed by atoms with Crippen LogP contribution in [0.15, 0.2) is 18.7 Å². The molecule has 0 fully saturated rings. The molecule has 2 amide bonds. The maximum Gasteiger partial charge on any atom is 0.322 e. The van der Waals surface area contributed by atoms with Gasteiger partial charge in [0.05, 0.1) is 6.54 Å². The topological polar surface area (TPSA) is 89.7 Å². The number of carbonyl (C=O) groups is 1. The molecule has 0 saturated carbocycles. The molecule has 0 unspecified atom stereocenters. The van der Waals surface area contributed by atoms with Crippen molar-refractivity contribution in [3.63, 3.8) is 0 Å². The summed E-state index contributed by atoms with van der Waals surface area (Å²) in [7, 11) is 0. The molecule has 0 aromatic carbocycles. The highest BCUT2D eigenvalue weighted by molar-refractivity contribution is 5.87. The normalized spacial score (nSPS) is 10.4. The number of hydrogen-bond acceptors (Lipinski definition) is 4. The van der Waals surface area contributed by atoms with Gasteiger partial charge < -0.3 is 9.88 Å². The molecule has 2 heterocycles. The van der Waals surface area contributed by atoms with E-state index in [-0.39, 0.29) is 12.0 Å². The van der Waals surface area contributed by atoms with Gasteiger partial charge in [-0.25, -0.2) is 14.8 Å². The van der Waals surface area contributed by atoms with Crippen LogP contribution in [0.5, 0.6) is 0 Å². The minimum absolute atomic E-state index is 0.290. The molecule has 2 rings (SSSR count). The van der Waals surface area contributed by atoms with Gasteiger partial charge in [-0.1, -0.05) is 0 Å². The summed E-state index contributed by atoms with van der Waals surface area (Å²) in [5, 5.41) is 9.34. The van der Waals surface area contributed by atoms with Gasteiger partial charge in [-0.2, -0.15) is 0 Å². The summed E-state index contributed by atoms with van der Waals surface area (Å²) in [6.07, 6.45) is 5.15. The smallest absolute Gasteiger partial charge is 0.322 e. The summed E-state index contributed by atoms with van der Waals surface area (Å²) in [6.45, 7) is 5.86. The zero-order valence-corrected chi connectivity index (χ0v) is 11.0. The number of nitrogens with zero attached hydrogens (tertiary/aromatic N) is 5. The predicted molar refractivity (Wildman–Crippen MR) is 69.5 cm³/mol. The number of urea groups is 1. The van der Waals surface area contributed by atoms with E-state index >= 15 is 0 Å². The third-order valence-corrected chi connectivity index (χ3v) is 2.64. The van der Waals surface area contributed by atoms with Crippen molar-refractivity contribution in [1.82, 2.24) is 29.6 Å². The Morgan fingerprint density at radius 2 is 2.16 bits per heavy atom. The number of imidazole rings is 1. The minimum Gasteiger partial charge on any atom is -0.334 e. The van der Waals surface area contributed by atoms with Gasteiger partial charge in [-0.15, -0.1) is 5.10 Å². The first-order valence-electron chi connectivity index (χ1n) is 6.17. The third kappa shape index (κ3) is 3.30. The molecule has 0 radical (unpaired) electrons. The number of aryl methyl sites for hydroxylation is 2. The second-order valence-corrected chi connectivity index (χ2v) is 3.86. The molecule has 2 aromatic rings. The first-order chi connectivity index (χ1) is 9.22. The summed E-state index contributed by atoms with van der Waals surface area (Å²) in [5.74, 6) is 1.10. The van der Waals surface area contributed by atoms with Crippen molar-refractivity contribution in [2.24, 2.45) is 0 Å². The Kier molecular flexibility index (Phi) is 4.11. The van der Waals surface area contributed by atoms with Crippen LogP contribution in [0.4, 0.5) is 10.7 Å². The van der Waals surface area contributed by atoms with Crippen molar-refractivity contribution in [3.8, 4) is 0 Å². The molecule has 8 heteroatoms. The van der Waals surface area contributed by atoms with Crippen LogP contribution in [-0.4, -0.2) is 30.3 Å². The van der Waals surface area contributed by atoms with E-state index in [9.17, 15) is 4.79 Å². The molecule has 0 spiro atoms. The SMILES string of the molecule is CCn1cnc(NC(=O)NCc2nccn2CC)n1. The fourth-order valence-electron chi connectivity index (χ4n) is 1.60. The van der Waals surface area contributed by atoms with E-state index in [1.54, 1.807) is 17.2 Å². The Morgan fingerprint density at radius 3 is 2.84 bits per heavy atom. The maximum absolute atomic E-state index is 11.7. The quantitative estimate of drug-likeness (QED) is 0.836. The van der Waals surface area contributed by atoms with E-state index in [1.807, 2.05) is 24.6 Å². The van der Waals surface area contributed by atoms with Gasteiger partial charge in [0, 0.05) is 25.5 Å². The molecule has 0 atom stereocenters. The van der Waals surface area contributed by atoms with E-state index in [1.165, 1.54) is 0 Å². The number of carbonyl (C=O) groups excluding carboxylic acids is 1. The van der Waals surface area contributed by atoms with Crippen molar-refractivity contribution >= 4 is 12.0 Å². The van der Waals surface area contributed by atoms with Gasteiger partial charge in [0.15, 0.2) is 0 Å². The van der Waals surface area contributed by atoms with Gasteiger partial charge in [-0.3, -0.25) is 10.00 Å². The summed E-state index contributed by atoms with van der Waals surface area (Å²) in [6, 6.07) is -0.348. The largest absolute Gasteiger partial charge is 0.334 e. The van der Waals surface area contributed by atoms with E-state index in [4.69, 9.17) is 0 Å². The average molecular weight is 263 g/mol. The molecule has 0 saturated heterocycles. The molecule has 0 aliphatic carbocycles. The van der Waals surface area contributed by atoms with Crippen molar-refractivity contribution in [2.45, 2.75) is 33.5 Å². The molecule has 102 valence electrons. The molecule has 0 aliphatic heterocycles.